The molecule has 0 atom stereocenters. The second-order valence-corrected chi connectivity index (χ2v) is 4.37. The van der Waals surface area contributed by atoms with E-state index in [2.05, 4.69) is 10.1 Å². The molecule has 0 unspecified atom stereocenters. The number of benzene rings is 1. The number of hydrogen-bond acceptors (Lipinski definition) is 4. The fourth-order valence-corrected chi connectivity index (χ4v) is 1.66. The van der Waals surface area contributed by atoms with Crippen LogP contribution in [0.3, 0.4) is 0 Å². The van der Waals surface area contributed by atoms with Crippen molar-refractivity contribution in [1.29, 1.82) is 0 Å². The molecule has 6 nitrogen and oxygen atoms in total. The van der Waals surface area contributed by atoms with E-state index in [1.165, 1.54) is 18.1 Å². The van der Waals surface area contributed by atoms with Crippen LogP contribution in [0, 0.1) is 0 Å². The number of H-pyrrole nitrogens is 1. The molecule has 0 spiro atoms. The second-order valence-electron chi connectivity index (χ2n) is 4.37. The van der Waals surface area contributed by atoms with Crippen LogP contribution in [0.25, 0.3) is 0 Å². The summed E-state index contributed by atoms with van der Waals surface area (Å²) in [6.45, 7) is 0. The maximum Gasteiger partial charge on any atom is 0.329 e. The van der Waals surface area contributed by atoms with Gasteiger partial charge in [0.2, 0.25) is 0 Å². The number of anilines is 1. The Morgan fingerprint density at radius 2 is 2.00 bits per heavy atom. The summed E-state index contributed by atoms with van der Waals surface area (Å²) in [6.07, 6.45) is 2.41. The van der Waals surface area contributed by atoms with Crippen LogP contribution in [0.2, 0.25) is 0 Å². The van der Waals surface area contributed by atoms with Gasteiger partial charge in [0, 0.05) is 32.8 Å². The van der Waals surface area contributed by atoms with Crippen LogP contribution >= 0.6 is 0 Å². The van der Waals surface area contributed by atoms with Crippen LogP contribution in [0.4, 0.5) is 5.82 Å². The second kappa shape index (κ2) is 6.01. The Balaban J connectivity index is 2.10. The molecular formula is C14H16N4O2. The maximum atomic E-state index is 11.5. The minimum Gasteiger partial charge on any atom is -0.292 e. The van der Waals surface area contributed by atoms with Crippen molar-refractivity contribution < 1.29 is 0 Å². The van der Waals surface area contributed by atoms with Crippen LogP contribution < -0.4 is 16.3 Å². The minimum absolute atomic E-state index is 0.363. The minimum atomic E-state index is -0.461. The Morgan fingerprint density at radius 1 is 1.30 bits per heavy atom. The van der Waals surface area contributed by atoms with Gasteiger partial charge in [-0.3, -0.25) is 19.4 Å². The molecule has 2 rings (SSSR count). The van der Waals surface area contributed by atoms with Gasteiger partial charge >= 0.3 is 5.69 Å². The van der Waals surface area contributed by atoms with E-state index < -0.39 is 5.69 Å². The summed E-state index contributed by atoms with van der Waals surface area (Å²) in [4.78, 5) is 25.6. The zero-order valence-electron chi connectivity index (χ0n) is 11.4. The van der Waals surface area contributed by atoms with Gasteiger partial charge in [-0.15, -0.1) is 0 Å². The summed E-state index contributed by atoms with van der Waals surface area (Å²) in [6, 6.07) is 11.2. The average molecular weight is 272 g/mol. The molecule has 104 valence electrons. The quantitative estimate of drug-likeness (QED) is 0.659. The summed E-state index contributed by atoms with van der Waals surface area (Å²) in [5, 5.41) is 5.66. The number of rotatable bonds is 4. The number of hydrogen-bond donors (Lipinski definition) is 1. The van der Waals surface area contributed by atoms with Gasteiger partial charge in [-0.05, 0) is 5.56 Å². The van der Waals surface area contributed by atoms with Gasteiger partial charge in [0.15, 0.2) is 0 Å². The van der Waals surface area contributed by atoms with Gasteiger partial charge in [0.1, 0.15) is 5.82 Å². The Labute approximate surface area is 116 Å². The van der Waals surface area contributed by atoms with Crippen LogP contribution in [-0.4, -0.2) is 22.8 Å². The van der Waals surface area contributed by atoms with E-state index >= 15 is 0 Å². The molecule has 0 amide bonds. The van der Waals surface area contributed by atoms with Gasteiger partial charge < -0.3 is 0 Å². The highest BCUT2D eigenvalue weighted by molar-refractivity contribution is 5.62. The number of aromatic amines is 1. The molecular weight excluding hydrogens is 256 g/mol. The van der Waals surface area contributed by atoms with E-state index in [1.54, 1.807) is 13.3 Å². The van der Waals surface area contributed by atoms with Gasteiger partial charge in [-0.2, -0.15) is 5.10 Å². The molecule has 0 aliphatic heterocycles. The molecule has 1 heterocycles. The molecule has 20 heavy (non-hydrogen) atoms. The van der Waals surface area contributed by atoms with Gasteiger partial charge in [0.25, 0.3) is 5.56 Å². The fraction of sp³-hybridized carbons (Fsp3) is 0.214. The Morgan fingerprint density at radius 3 is 2.65 bits per heavy atom. The Bertz CT molecular complexity index is 685. The molecule has 1 aromatic heterocycles. The van der Waals surface area contributed by atoms with E-state index in [0.29, 0.717) is 12.2 Å². The van der Waals surface area contributed by atoms with Gasteiger partial charge in [-0.25, -0.2) is 4.79 Å². The highest BCUT2D eigenvalue weighted by Gasteiger charge is 2.03. The van der Waals surface area contributed by atoms with E-state index in [-0.39, 0.29) is 5.56 Å². The van der Waals surface area contributed by atoms with E-state index in [4.69, 9.17) is 0 Å². The molecule has 2 aromatic rings. The first-order valence-corrected chi connectivity index (χ1v) is 6.18. The zero-order chi connectivity index (χ0) is 14.5. The molecule has 6 heteroatoms. The lowest BCUT2D eigenvalue weighted by molar-refractivity contribution is 0.766. The van der Waals surface area contributed by atoms with Gasteiger partial charge in [0.05, 0.1) is 0 Å². The molecule has 0 aliphatic carbocycles. The van der Waals surface area contributed by atoms with Crippen molar-refractivity contribution in [3.8, 4) is 0 Å². The van der Waals surface area contributed by atoms with Crippen molar-refractivity contribution in [2.45, 2.75) is 6.42 Å². The number of nitrogens with one attached hydrogen (secondary N) is 1. The number of aromatic nitrogens is 2. The van der Waals surface area contributed by atoms with Crippen molar-refractivity contribution in [3.63, 3.8) is 0 Å². The first-order valence-electron chi connectivity index (χ1n) is 6.18. The van der Waals surface area contributed by atoms with Crippen LogP contribution in [-0.2, 0) is 13.5 Å². The molecule has 0 aliphatic rings. The monoisotopic (exact) mass is 272 g/mol. The van der Waals surface area contributed by atoms with Crippen molar-refractivity contribution in [2.24, 2.45) is 12.1 Å². The third-order valence-corrected chi connectivity index (χ3v) is 2.90. The van der Waals surface area contributed by atoms with Crippen LogP contribution in [0.1, 0.15) is 5.56 Å². The number of nitrogens with zero attached hydrogens (tertiary/aromatic N) is 3. The highest BCUT2D eigenvalue weighted by atomic mass is 16.2. The van der Waals surface area contributed by atoms with E-state index in [0.717, 1.165) is 10.1 Å². The molecule has 0 radical (unpaired) electrons. The highest BCUT2D eigenvalue weighted by Crippen LogP contribution is 2.03. The summed E-state index contributed by atoms with van der Waals surface area (Å²) >= 11 is 0. The molecule has 0 saturated carbocycles. The van der Waals surface area contributed by atoms with Crippen molar-refractivity contribution >= 4 is 12.0 Å². The molecule has 0 fully saturated rings. The smallest absolute Gasteiger partial charge is 0.292 e. The van der Waals surface area contributed by atoms with E-state index in [1.807, 2.05) is 30.3 Å². The third-order valence-electron chi connectivity index (χ3n) is 2.90. The SMILES string of the molecule is CN(/N=C\Cc1ccccc1)c1cc(=O)n(C)c(=O)[nH]1. The molecule has 1 N–H and O–H groups in total. The fourth-order valence-electron chi connectivity index (χ4n) is 1.66. The Hall–Kier alpha value is -2.63. The average Bonchev–Trinajstić information content (AvgIpc) is 2.45. The van der Waals surface area contributed by atoms with Crippen LogP contribution in [0.15, 0.2) is 51.1 Å². The summed E-state index contributed by atoms with van der Waals surface area (Å²) in [5.74, 6) is 0.363. The van der Waals surface area contributed by atoms with Crippen molar-refractivity contribution in [1.82, 2.24) is 9.55 Å². The van der Waals surface area contributed by atoms with Crippen molar-refractivity contribution in [3.05, 3.63) is 62.8 Å². The summed E-state index contributed by atoms with van der Waals surface area (Å²) < 4.78 is 1.00. The van der Waals surface area contributed by atoms with E-state index in [9.17, 15) is 9.59 Å². The lowest BCUT2D eigenvalue weighted by atomic mass is 10.2. The standard InChI is InChI=1S/C14H16N4O2/c1-17-13(19)10-12(16-14(17)20)18(2)15-9-8-11-6-4-3-5-7-11/h3-7,9-10H,8H2,1-2H3,(H,16,20)/b15-9-. The van der Waals surface area contributed by atoms with Gasteiger partial charge in [-0.1, -0.05) is 30.3 Å². The first kappa shape index (κ1) is 13.8. The van der Waals surface area contributed by atoms with Crippen LogP contribution in [0.5, 0.6) is 0 Å². The van der Waals surface area contributed by atoms with Crippen molar-refractivity contribution in [2.75, 3.05) is 12.1 Å². The topological polar surface area (TPSA) is 70.5 Å². The molecule has 1 aromatic carbocycles. The predicted octanol–water partition coefficient (Wildman–Crippen LogP) is 0.738. The number of hydrazone groups is 1. The zero-order valence-corrected chi connectivity index (χ0v) is 11.4. The first-order chi connectivity index (χ1) is 9.58. The molecule has 0 saturated heterocycles. The normalized spacial score (nSPS) is 10.9. The third kappa shape index (κ3) is 3.23. The largest absolute Gasteiger partial charge is 0.329 e. The Kier molecular flexibility index (Phi) is 4.14. The summed E-state index contributed by atoms with van der Waals surface area (Å²) in [5.41, 5.74) is 0.314. The predicted molar refractivity (Wildman–Crippen MR) is 79.3 cm³/mol. The lowest BCUT2D eigenvalue weighted by Crippen LogP contribution is -2.33. The maximum absolute atomic E-state index is 11.5. The molecule has 0 bridgehead atoms. The lowest BCUT2D eigenvalue weighted by Gasteiger charge is -2.12. The summed E-state index contributed by atoms with van der Waals surface area (Å²) in [7, 11) is 3.09.